The molecule has 3 N–H and O–H groups in total. The van der Waals surface area contributed by atoms with Gasteiger partial charge in [0.15, 0.2) is 0 Å². The summed E-state index contributed by atoms with van der Waals surface area (Å²) >= 11 is 0. The number of nitrogens with one attached hydrogen (secondary N) is 1. The predicted octanol–water partition coefficient (Wildman–Crippen LogP) is 1.77. The molecule has 0 spiro atoms. The van der Waals surface area contributed by atoms with Crippen LogP contribution in [0.5, 0.6) is 0 Å². The van der Waals surface area contributed by atoms with Crippen LogP contribution >= 0.6 is 0 Å². The molecule has 1 unspecified atom stereocenters. The molecule has 1 atom stereocenters. The smallest absolute Gasteiger partial charge is 0.242 e. The van der Waals surface area contributed by atoms with Crippen molar-refractivity contribution in [2.75, 3.05) is 0 Å². The van der Waals surface area contributed by atoms with Crippen molar-refractivity contribution in [1.29, 1.82) is 0 Å². The van der Waals surface area contributed by atoms with E-state index in [4.69, 9.17) is 5.73 Å². The third-order valence-corrected chi connectivity index (χ3v) is 5.30. The lowest BCUT2D eigenvalue weighted by atomic mass is 10.0. The van der Waals surface area contributed by atoms with Crippen LogP contribution in [0.3, 0.4) is 0 Å². The van der Waals surface area contributed by atoms with Crippen LogP contribution in [0.4, 0.5) is 0 Å². The minimum atomic E-state index is -3.85. The fraction of sp³-hybridized carbons (Fsp3) is 0.267. The zero-order chi connectivity index (χ0) is 15.7. The number of carbonyl (C=O) groups excluding carboxylic acids is 1. The van der Waals surface area contributed by atoms with Crippen LogP contribution in [0.1, 0.15) is 20.3 Å². The quantitative estimate of drug-likeness (QED) is 0.882. The molecule has 0 aliphatic rings. The molecule has 5 nitrogen and oxygen atoms in total. The minimum absolute atomic E-state index is 0.140. The van der Waals surface area contributed by atoms with Crippen LogP contribution in [-0.4, -0.2) is 19.9 Å². The lowest BCUT2D eigenvalue weighted by molar-refractivity contribution is -0.123. The second-order valence-electron chi connectivity index (χ2n) is 5.13. The van der Waals surface area contributed by atoms with E-state index in [-0.39, 0.29) is 11.3 Å². The van der Waals surface area contributed by atoms with Gasteiger partial charge in [-0.3, -0.25) is 4.79 Å². The Bertz CT molecular complexity index is 781. The second-order valence-corrected chi connectivity index (χ2v) is 6.78. The summed E-state index contributed by atoms with van der Waals surface area (Å²) in [7, 11) is -3.85. The van der Waals surface area contributed by atoms with Crippen LogP contribution in [0.25, 0.3) is 10.8 Å². The molecule has 21 heavy (non-hydrogen) atoms. The Kier molecular flexibility index (Phi) is 4.02. The maximum absolute atomic E-state index is 12.6. The fourth-order valence-electron chi connectivity index (χ4n) is 2.08. The average Bonchev–Trinajstić information content (AvgIpc) is 2.45. The Labute approximate surface area is 124 Å². The SMILES string of the molecule is CCC(C)(NS(=O)(=O)c1cccc2ccccc12)C(N)=O. The first-order chi connectivity index (χ1) is 9.80. The van der Waals surface area contributed by atoms with Crippen molar-refractivity contribution in [1.82, 2.24) is 4.72 Å². The Morgan fingerprint density at radius 2 is 1.81 bits per heavy atom. The summed E-state index contributed by atoms with van der Waals surface area (Å²) < 4.78 is 27.6. The third-order valence-electron chi connectivity index (χ3n) is 3.65. The van der Waals surface area contributed by atoms with Gasteiger partial charge in [-0.15, -0.1) is 0 Å². The highest BCUT2D eigenvalue weighted by molar-refractivity contribution is 7.89. The lowest BCUT2D eigenvalue weighted by Gasteiger charge is -2.25. The number of hydrogen-bond acceptors (Lipinski definition) is 3. The van der Waals surface area contributed by atoms with Crippen LogP contribution in [0, 0.1) is 0 Å². The highest BCUT2D eigenvalue weighted by atomic mass is 32.2. The molecular weight excluding hydrogens is 288 g/mol. The van der Waals surface area contributed by atoms with Gasteiger partial charge < -0.3 is 5.73 Å². The maximum Gasteiger partial charge on any atom is 0.242 e. The first-order valence-corrected chi connectivity index (χ1v) is 8.10. The molecule has 0 heterocycles. The van der Waals surface area contributed by atoms with Gasteiger partial charge in [0.05, 0.1) is 4.90 Å². The van der Waals surface area contributed by atoms with Gasteiger partial charge in [0.2, 0.25) is 15.9 Å². The van der Waals surface area contributed by atoms with Gasteiger partial charge in [-0.25, -0.2) is 8.42 Å². The summed E-state index contributed by atoms with van der Waals surface area (Å²) in [6.07, 6.45) is 0.270. The van der Waals surface area contributed by atoms with Gasteiger partial charge in [-0.1, -0.05) is 43.3 Å². The highest BCUT2D eigenvalue weighted by Gasteiger charge is 2.34. The maximum atomic E-state index is 12.6. The van der Waals surface area contributed by atoms with E-state index < -0.39 is 21.5 Å². The normalized spacial score (nSPS) is 14.8. The third kappa shape index (κ3) is 2.91. The molecule has 1 amide bonds. The van der Waals surface area contributed by atoms with E-state index in [9.17, 15) is 13.2 Å². The largest absolute Gasteiger partial charge is 0.368 e. The van der Waals surface area contributed by atoms with Crippen LogP contribution in [-0.2, 0) is 14.8 Å². The second kappa shape index (κ2) is 5.46. The summed E-state index contributed by atoms with van der Waals surface area (Å²) in [5.41, 5.74) is 4.00. The number of hydrogen-bond donors (Lipinski definition) is 2. The van der Waals surface area contributed by atoms with Crippen molar-refractivity contribution in [3.63, 3.8) is 0 Å². The predicted molar refractivity (Wildman–Crippen MR) is 82.2 cm³/mol. The van der Waals surface area contributed by atoms with E-state index in [1.54, 1.807) is 25.1 Å². The number of carbonyl (C=O) groups is 1. The molecule has 0 radical (unpaired) electrons. The summed E-state index contributed by atoms with van der Waals surface area (Å²) in [6.45, 7) is 3.19. The first-order valence-electron chi connectivity index (χ1n) is 6.62. The molecule has 2 rings (SSSR count). The standard InChI is InChI=1S/C15H18N2O3S/c1-3-15(2,14(16)18)17-21(19,20)13-10-6-8-11-7-4-5-9-12(11)13/h4-10,17H,3H2,1-2H3,(H2,16,18). The molecule has 112 valence electrons. The number of primary amides is 1. The zero-order valence-corrected chi connectivity index (χ0v) is 12.8. The molecule has 0 fully saturated rings. The molecule has 2 aromatic rings. The monoisotopic (exact) mass is 306 g/mol. The molecule has 0 bridgehead atoms. The lowest BCUT2D eigenvalue weighted by Crippen LogP contribution is -2.54. The van der Waals surface area contributed by atoms with Crippen molar-refractivity contribution in [2.24, 2.45) is 5.73 Å². The molecule has 0 aliphatic carbocycles. The zero-order valence-electron chi connectivity index (χ0n) is 12.0. The average molecular weight is 306 g/mol. The summed E-state index contributed by atoms with van der Waals surface area (Å²) in [5.74, 6) is -0.700. The molecule has 2 aromatic carbocycles. The van der Waals surface area contributed by atoms with Crippen LogP contribution in [0.15, 0.2) is 47.4 Å². The highest BCUT2D eigenvalue weighted by Crippen LogP contribution is 2.24. The molecular formula is C15H18N2O3S. The van der Waals surface area contributed by atoms with E-state index in [0.29, 0.717) is 5.39 Å². The molecule has 0 saturated heterocycles. The van der Waals surface area contributed by atoms with E-state index >= 15 is 0 Å². The summed E-state index contributed by atoms with van der Waals surface area (Å²) in [4.78, 5) is 11.7. The Morgan fingerprint density at radius 1 is 1.19 bits per heavy atom. The number of nitrogens with two attached hydrogens (primary N) is 1. The van der Waals surface area contributed by atoms with Crippen molar-refractivity contribution >= 4 is 26.7 Å². The van der Waals surface area contributed by atoms with Crippen molar-refractivity contribution in [2.45, 2.75) is 30.7 Å². The van der Waals surface area contributed by atoms with Gasteiger partial charge in [-0.2, -0.15) is 4.72 Å². The Hall–Kier alpha value is -1.92. The van der Waals surface area contributed by atoms with Crippen molar-refractivity contribution in [3.8, 4) is 0 Å². The van der Waals surface area contributed by atoms with Crippen molar-refractivity contribution < 1.29 is 13.2 Å². The van der Waals surface area contributed by atoms with E-state index in [1.165, 1.54) is 13.0 Å². The number of amides is 1. The number of sulfonamides is 1. The Morgan fingerprint density at radius 3 is 2.43 bits per heavy atom. The van der Waals surface area contributed by atoms with Gasteiger partial charge in [0, 0.05) is 5.39 Å². The summed E-state index contributed by atoms with van der Waals surface area (Å²) in [6, 6.07) is 12.2. The topological polar surface area (TPSA) is 89.3 Å². The molecule has 0 aromatic heterocycles. The minimum Gasteiger partial charge on any atom is -0.368 e. The van der Waals surface area contributed by atoms with Gasteiger partial charge in [0.1, 0.15) is 5.54 Å². The van der Waals surface area contributed by atoms with Gasteiger partial charge in [-0.05, 0) is 24.8 Å². The van der Waals surface area contributed by atoms with Crippen LogP contribution < -0.4 is 10.5 Å². The van der Waals surface area contributed by atoms with E-state index in [2.05, 4.69) is 4.72 Å². The number of rotatable bonds is 5. The fourth-order valence-corrected chi connectivity index (χ4v) is 3.76. The molecule has 0 aliphatic heterocycles. The summed E-state index contributed by atoms with van der Waals surface area (Å²) in [5, 5.41) is 1.42. The van der Waals surface area contributed by atoms with E-state index in [1.807, 2.05) is 18.2 Å². The molecule has 0 saturated carbocycles. The van der Waals surface area contributed by atoms with E-state index in [0.717, 1.165) is 5.39 Å². The first kappa shape index (κ1) is 15.5. The van der Waals surface area contributed by atoms with Gasteiger partial charge >= 0.3 is 0 Å². The number of fused-ring (bicyclic) bond motifs is 1. The van der Waals surface area contributed by atoms with Gasteiger partial charge in [0.25, 0.3) is 0 Å². The Balaban J connectivity index is 2.55. The molecule has 6 heteroatoms. The number of benzene rings is 2. The van der Waals surface area contributed by atoms with Crippen molar-refractivity contribution in [3.05, 3.63) is 42.5 Å². The van der Waals surface area contributed by atoms with Crippen LogP contribution in [0.2, 0.25) is 0 Å².